The van der Waals surface area contributed by atoms with Gasteiger partial charge in [-0.25, -0.2) is 24.9 Å². The number of hydrogen-bond donors (Lipinski definition) is 0. The van der Waals surface area contributed by atoms with Gasteiger partial charge in [0, 0.05) is 37.8 Å². The number of fused-ring (bicyclic) bond motifs is 1. The van der Waals surface area contributed by atoms with Crippen LogP contribution in [0.5, 0.6) is 11.6 Å². The lowest BCUT2D eigenvalue weighted by molar-refractivity contribution is 0.0131. The number of aryl methyl sites for hydroxylation is 1. The molecule has 1 saturated carbocycles. The number of nitrogens with zero attached hydrogens (tertiary/aromatic N) is 8. The van der Waals surface area contributed by atoms with Crippen LogP contribution in [0.25, 0.3) is 22.8 Å². The predicted molar refractivity (Wildman–Crippen MR) is 134 cm³/mol. The van der Waals surface area contributed by atoms with Crippen molar-refractivity contribution in [3.8, 4) is 34.4 Å². The van der Waals surface area contributed by atoms with Crippen LogP contribution >= 0.6 is 0 Å². The van der Waals surface area contributed by atoms with Gasteiger partial charge in [0.25, 0.3) is 5.92 Å². The fourth-order valence-electron chi connectivity index (χ4n) is 4.54. The number of methoxy groups -OCH3 is 1. The van der Waals surface area contributed by atoms with E-state index in [-0.39, 0.29) is 5.69 Å². The summed E-state index contributed by atoms with van der Waals surface area (Å²) in [6.07, 6.45) is 8.30. The maximum Gasteiger partial charge on any atom is 0.288 e. The van der Waals surface area contributed by atoms with Crippen molar-refractivity contribution >= 4 is 5.82 Å². The molecule has 0 amide bonds. The zero-order valence-corrected chi connectivity index (χ0v) is 21.2. The fourth-order valence-corrected chi connectivity index (χ4v) is 4.54. The van der Waals surface area contributed by atoms with Crippen molar-refractivity contribution in [3.63, 3.8) is 0 Å². The Kier molecular flexibility index (Phi) is 5.88. The Morgan fingerprint density at radius 2 is 1.95 bits per heavy atom. The summed E-state index contributed by atoms with van der Waals surface area (Å²) in [5.74, 6) is -0.0560. The number of rotatable bonds is 7. The standard InChI is InChI=1S/C26H26F2N8O2/c1-26(27,28)19-13-35(2)23(33-19)16-6-7-17(29-10-16)12-36-8-9-38-18-11-30-22(34-24(18)36)20-21(15-4-5-15)31-14-32-25(20)37-3/h6-7,10-11,13-15H,4-5,8-9,12H2,1-3H3. The molecule has 0 aromatic carbocycles. The summed E-state index contributed by atoms with van der Waals surface area (Å²) in [4.78, 5) is 29.0. The molecule has 4 aromatic rings. The molecule has 2 aliphatic rings. The molecule has 0 unspecified atom stereocenters. The lowest BCUT2D eigenvalue weighted by Crippen LogP contribution is -2.33. The lowest BCUT2D eigenvalue weighted by Gasteiger charge is -2.30. The summed E-state index contributed by atoms with van der Waals surface area (Å²) < 4.78 is 40.4. The quantitative estimate of drug-likeness (QED) is 0.356. The summed E-state index contributed by atoms with van der Waals surface area (Å²) in [5, 5.41) is 0. The van der Waals surface area contributed by atoms with Crippen LogP contribution in [0.3, 0.4) is 0 Å². The number of anilines is 1. The van der Waals surface area contributed by atoms with Crippen molar-refractivity contribution in [2.24, 2.45) is 7.05 Å². The number of pyridine rings is 1. The molecule has 1 aliphatic carbocycles. The van der Waals surface area contributed by atoms with E-state index in [9.17, 15) is 8.78 Å². The molecule has 0 N–H and O–H groups in total. The van der Waals surface area contributed by atoms with Crippen LogP contribution in [-0.4, -0.2) is 54.7 Å². The van der Waals surface area contributed by atoms with Crippen LogP contribution in [-0.2, 0) is 19.5 Å². The maximum atomic E-state index is 13.7. The first-order chi connectivity index (χ1) is 18.3. The molecule has 1 fully saturated rings. The minimum absolute atomic E-state index is 0.273. The van der Waals surface area contributed by atoms with E-state index in [0.717, 1.165) is 31.2 Å². The molecule has 0 saturated heterocycles. The molecule has 1 aliphatic heterocycles. The minimum atomic E-state index is -3.01. The van der Waals surface area contributed by atoms with E-state index in [1.807, 2.05) is 12.1 Å². The summed E-state index contributed by atoms with van der Waals surface area (Å²) >= 11 is 0. The molecule has 38 heavy (non-hydrogen) atoms. The van der Waals surface area contributed by atoms with E-state index in [2.05, 4.69) is 29.8 Å². The predicted octanol–water partition coefficient (Wildman–Crippen LogP) is 4.13. The Morgan fingerprint density at radius 3 is 2.63 bits per heavy atom. The van der Waals surface area contributed by atoms with E-state index in [4.69, 9.17) is 14.5 Å². The smallest absolute Gasteiger partial charge is 0.288 e. The third-order valence-corrected chi connectivity index (χ3v) is 6.64. The van der Waals surface area contributed by atoms with Gasteiger partial charge >= 0.3 is 0 Å². The van der Waals surface area contributed by atoms with E-state index < -0.39 is 5.92 Å². The Bertz CT molecular complexity index is 1480. The van der Waals surface area contributed by atoms with Crippen LogP contribution in [0.15, 0.2) is 37.1 Å². The van der Waals surface area contributed by atoms with Gasteiger partial charge in [-0.2, -0.15) is 8.78 Å². The molecule has 0 spiro atoms. The molecular formula is C26H26F2N8O2. The normalized spacial score (nSPS) is 15.2. The number of aromatic nitrogens is 7. The maximum absolute atomic E-state index is 13.7. The number of halogens is 2. The molecule has 0 bridgehead atoms. The second-order valence-corrected chi connectivity index (χ2v) is 9.56. The van der Waals surface area contributed by atoms with Gasteiger partial charge in [-0.15, -0.1) is 0 Å². The van der Waals surface area contributed by atoms with Gasteiger partial charge in [-0.3, -0.25) is 4.98 Å². The van der Waals surface area contributed by atoms with Crippen molar-refractivity contribution in [3.05, 3.63) is 54.1 Å². The van der Waals surface area contributed by atoms with Gasteiger partial charge in [0.05, 0.1) is 37.8 Å². The Hall–Kier alpha value is -4.22. The highest BCUT2D eigenvalue weighted by Gasteiger charge is 2.32. The zero-order chi connectivity index (χ0) is 26.4. The molecule has 12 heteroatoms. The fraction of sp³-hybridized carbons (Fsp3) is 0.385. The number of ether oxygens (including phenoxy) is 2. The number of imidazole rings is 1. The monoisotopic (exact) mass is 520 g/mol. The van der Waals surface area contributed by atoms with Gasteiger partial charge in [-0.1, -0.05) is 0 Å². The van der Waals surface area contributed by atoms with E-state index >= 15 is 0 Å². The van der Waals surface area contributed by atoms with E-state index in [0.29, 0.717) is 65.8 Å². The van der Waals surface area contributed by atoms with E-state index in [1.165, 1.54) is 12.5 Å². The molecule has 0 atom stereocenters. The van der Waals surface area contributed by atoms with Crippen molar-refractivity contribution in [1.29, 1.82) is 0 Å². The lowest BCUT2D eigenvalue weighted by atomic mass is 10.1. The topological polar surface area (TPSA) is 104 Å². The zero-order valence-electron chi connectivity index (χ0n) is 21.2. The van der Waals surface area contributed by atoms with Crippen LogP contribution in [0.4, 0.5) is 14.6 Å². The van der Waals surface area contributed by atoms with Crippen molar-refractivity contribution in [2.45, 2.75) is 38.2 Å². The summed E-state index contributed by atoms with van der Waals surface area (Å²) in [7, 11) is 3.26. The summed E-state index contributed by atoms with van der Waals surface area (Å²) in [6.45, 7) is 2.41. The minimum Gasteiger partial charge on any atom is -0.486 e. The molecule has 5 heterocycles. The van der Waals surface area contributed by atoms with Gasteiger partial charge < -0.3 is 18.9 Å². The van der Waals surface area contributed by atoms with Crippen LogP contribution in [0.2, 0.25) is 0 Å². The highest BCUT2D eigenvalue weighted by atomic mass is 19.3. The molecule has 10 nitrogen and oxygen atoms in total. The van der Waals surface area contributed by atoms with Gasteiger partial charge in [0.15, 0.2) is 17.4 Å². The van der Waals surface area contributed by atoms with Crippen LogP contribution in [0, 0.1) is 0 Å². The third-order valence-electron chi connectivity index (χ3n) is 6.64. The summed E-state index contributed by atoms with van der Waals surface area (Å²) in [6, 6.07) is 3.70. The van der Waals surface area contributed by atoms with Crippen molar-refractivity contribution in [2.75, 3.05) is 25.2 Å². The molecule has 4 aromatic heterocycles. The first-order valence-corrected chi connectivity index (χ1v) is 12.3. The largest absolute Gasteiger partial charge is 0.486 e. The first-order valence-electron chi connectivity index (χ1n) is 12.3. The van der Waals surface area contributed by atoms with Crippen LogP contribution < -0.4 is 14.4 Å². The van der Waals surface area contributed by atoms with Gasteiger partial charge in [-0.05, 0) is 25.0 Å². The number of alkyl halides is 2. The van der Waals surface area contributed by atoms with Gasteiger partial charge in [0.2, 0.25) is 5.88 Å². The second-order valence-electron chi connectivity index (χ2n) is 9.56. The molecule has 6 rings (SSSR count). The first kappa shape index (κ1) is 24.1. The molecular weight excluding hydrogens is 494 g/mol. The third kappa shape index (κ3) is 4.50. The average molecular weight is 521 g/mol. The van der Waals surface area contributed by atoms with Crippen molar-refractivity contribution in [1.82, 2.24) is 34.5 Å². The average Bonchev–Trinajstić information content (AvgIpc) is 3.69. The molecule has 196 valence electrons. The SMILES string of the molecule is COc1ncnc(C2CC2)c1-c1ncc2c(n1)N(Cc1ccc(-c3nc(C(C)(F)F)cn3C)cn1)CCO2. The number of hydrogen-bond acceptors (Lipinski definition) is 9. The highest BCUT2D eigenvalue weighted by Crippen LogP contribution is 2.45. The van der Waals surface area contributed by atoms with E-state index in [1.54, 1.807) is 31.1 Å². The second kappa shape index (κ2) is 9.26. The molecule has 0 radical (unpaired) electrons. The summed E-state index contributed by atoms with van der Waals surface area (Å²) in [5.41, 5.74) is 2.78. The van der Waals surface area contributed by atoms with Gasteiger partial charge in [0.1, 0.15) is 30.0 Å². The highest BCUT2D eigenvalue weighted by molar-refractivity contribution is 5.69. The Morgan fingerprint density at radius 1 is 1.11 bits per heavy atom. The Balaban J connectivity index is 1.28. The van der Waals surface area contributed by atoms with Crippen molar-refractivity contribution < 1.29 is 18.3 Å². The Labute approximate surface area is 217 Å². The van der Waals surface area contributed by atoms with Crippen LogP contribution in [0.1, 0.15) is 42.8 Å².